The van der Waals surface area contributed by atoms with Crippen molar-refractivity contribution in [3.63, 3.8) is 0 Å². The number of imidazole rings is 1. The van der Waals surface area contributed by atoms with Crippen LogP contribution in [0.4, 0.5) is 22.0 Å². The molecule has 4 aromatic rings. The van der Waals surface area contributed by atoms with Gasteiger partial charge in [0.05, 0.1) is 16.8 Å². The first-order valence-electron chi connectivity index (χ1n) is 14.0. The second kappa shape index (κ2) is 10.3. The van der Waals surface area contributed by atoms with Gasteiger partial charge in [0.2, 0.25) is 6.04 Å². The van der Waals surface area contributed by atoms with E-state index in [9.17, 15) is 26.7 Å². The quantitative estimate of drug-likeness (QED) is 0.224. The van der Waals surface area contributed by atoms with Crippen LogP contribution in [0.25, 0.3) is 16.0 Å². The lowest BCUT2D eigenvalue weighted by atomic mass is 9.60. The van der Waals surface area contributed by atoms with Crippen LogP contribution in [-0.2, 0) is 31.6 Å². The Hall–Kier alpha value is -4.05. The molecule has 0 unspecified atom stereocenters. The van der Waals surface area contributed by atoms with Gasteiger partial charge >= 0.3 is 11.9 Å². The standard InChI is InChI=1S/C30H30F5N7O/c1-19-14-40(8-7-29(19,31)32)15-20-9-24(30(33,34)35)25-17-41(27(43)42(25)16-20)23-6-4-5-21(10-23)28(11-22(12-28)36-2)13-26-38-37-18-39(26)3/h4-6,9-10,16-19,22H,7-8,11-15H2,1,3H3/t19-,22?,28?/m0/s1. The Kier molecular flexibility index (Phi) is 6.95. The van der Waals surface area contributed by atoms with Crippen LogP contribution >= 0.6 is 0 Å². The number of piperidine rings is 1. The normalized spacial score (nSPS) is 24.1. The molecule has 1 aromatic carbocycles. The first-order valence-corrected chi connectivity index (χ1v) is 14.0. The lowest BCUT2D eigenvalue weighted by molar-refractivity contribution is -0.136. The molecule has 226 valence electrons. The maximum atomic E-state index is 14.3. The molecule has 43 heavy (non-hydrogen) atoms. The third kappa shape index (κ3) is 5.22. The number of halogens is 5. The van der Waals surface area contributed by atoms with Gasteiger partial charge in [0.15, 0.2) is 0 Å². The van der Waals surface area contributed by atoms with Crippen LogP contribution in [0.2, 0.25) is 0 Å². The number of fused-ring (bicyclic) bond motifs is 1. The lowest BCUT2D eigenvalue weighted by Gasteiger charge is -2.42. The number of aromatic nitrogens is 5. The topological polar surface area (TPSA) is 64.7 Å². The van der Waals surface area contributed by atoms with Gasteiger partial charge < -0.3 is 9.41 Å². The lowest BCUT2D eigenvalue weighted by Crippen LogP contribution is -2.45. The van der Waals surface area contributed by atoms with Gasteiger partial charge in [-0.15, -0.1) is 10.2 Å². The van der Waals surface area contributed by atoms with Gasteiger partial charge in [-0.2, -0.15) is 13.2 Å². The van der Waals surface area contributed by atoms with E-state index in [1.165, 1.54) is 23.9 Å². The van der Waals surface area contributed by atoms with E-state index < -0.39 is 34.7 Å². The van der Waals surface area contributed by atoms with Crippen molar-refractivity contribution < 1.29 is 22.0 Å². The van der Waals surface area contributed by atoms with Crippen molar-refractivity contribution in [3.05, 3.63) is 93.5 Å². The third-order valence-corrected chi connectivity index (χ3v) is 9.02. The summed E-state index contributed by atoms with van der Waals surface area (Å²) in [5.41, 5.74) is -0.886. The largest absolute Gasteiger partial charge is 0.418 e. The molecule has 4 heterocycles. The second-order valence-electron chi connectivity index (χ2n) is 12.0. The molecule has 0 N–H and O–H groups in total. The van der Waals surface area contributed by atoms with E-state index in [1.54, 1.807) is 29.4 Å². The number of alkyl halides is 5. The number of nitrogens with zero attached hydrogens (tertiary/aromatic N) is 7. The zero-order chi connectivity index (χ0) is 30.7. The Morgan fingerprint density at radius 2 is 1.93 bits per heavy atom. The van der Waals surface area contributed by atoms with Gasteiger partial charge in [-0.25, -0.2) is 20.1 Å². The Morgan fingerprint density at radius 1 is 1.16 bits per heavy atom. The molecule has 0 spiro atoms. The van der Waals surface area contributed by atoms with Crippen LogP contribution in [0.15, 0.2) is 53.8 Å². The summed E-state index contributed by atoms with van der Waals surface area (Å²) in [6, 6.07) is 7.96. The molecule has 1 saturated heterocycles. The smallest absolute Gasteiger partial charge is 0.321 e. The van der Waals surface area contributed by atoms with Crippen LogP contribution in [0.5, 0.6) is 0 Å². The van der Waals surface area contributed by atoms with E-state index in [0.717, 1.165) is 21.9 Å². The number of rotatable bonds is 6. The Balaban J connectivity index is 1.38. The average Bonchev–Trinajstić information content (AvgIpc) is 3.49. The first kappa shape index (κ1) is 29.0. The highest BCUT2D eigenvalue weighted by molar-refractivity contribution is 5.58. The molecule has 1 aliphatic heterocycles. The molecule has 1 aliphatic carbocycles. The molecule has 0 bridgehead atoms. The number of likely N-dealkylation sites (tertiary alicyclic amines) is 1. The van der Waals surface area contributed by atoms with Crippen LogP contribution in [0, 0.1) is 12.5 Å². The summed E-state index contributed by atoms with van der Waals surface area (Å²) in [5.74, 6) is -3.00. The summed E-state index contributed by atoms with van der Waals surface area (Å²) in [5, 5.41) is 8.16. The van der Waals surface area contributed by atoms with Crippen LogP contribution < -0.4 is 5.69 Å². The molecule has 0 radical (unpaired) electrons. The molecule has 6 rings (SSSR count). The number of hydrogen-bond acceptors (Lipinski definition) is 4. The van der Waals surface area contributed by atoms with E-state index in [0.29, 0.717) is 24.9 Å². The average molecular weight is 600 g/mol. The monoisotopic (exact) mass is 599 g/mol. The van der Waals surface area contributed by atoms with E-state index >= 15 is 0 Å². The molecule has 2 fully saturated rings. The van der Waals surface area contributed by atoms with Gasteiger partial charge in [0.25, 0.3) is 5.92 Å². The SMILES string of the molecule is [C-]#[N+]C1CC(Cc2nncn2C)(c2cccc(-n3cc4c(C(F)(F)F)cc(CN5CCC(F)(F)[C@@H](C)C5)cn4c3=O)c2)C1. The van der Waals surface area contributed by atoms with Crippen LogP contribution in [0.3, 0.4) is 0 Å². The minimum absolute atomic E-state index is 0.0132. The summed E-state index contributed by atoms with van der Waals surface area (Å²) in [4.78, 5) is 19.0. The predicted octanol–water partition coefficient (Wildman–Crippen LogP) is 5.28. The number of hydrogen-bond donors (Lipinski definition) is 0. The molecular formula is C30H30F5N7O. The zero-order valence-electron chi connectivity index (χ0n) is 23.7. The third-order valence-electron chi connectivity index (χ3n) is 9.02. The Labute approximate surface area is 244 Å². The molecule has 3 aromatic heterocycles. The number of aryl methyl sites for hydroxylation is 1. The minimum atomic E-state index is -4.75. The molecule has 1 saturated carbocycles. The van der Waals surface area contributed by atoms with E-state index in [2.05, 4.69) is 15.0 Å². The minimum Gasteiger partial charge on any atom is -0.321 e. The molecule has 0 amide bonds. The molecule has 1 atom stereocenters. The highest BCUT2D eigenvalue weighted by Crippen LogP contribution is 2.48. The molecule has 2 aliphatic rings. The maximum Gasteiger partial charge on any atom is 0.418 e. The van der Waals surface area contributed by atoms with E-state index in [4.69, 9.17) is 6.57 Å². The van der Waals surface area contributed by atoms with Gasteiger partial charge in [0.1, 0.15) is 12.2 Å². The van der Waals surface area contributed by atoms with Crippen molar-refractivity contribution in [2.75, 3.05) is 13.1 Å². The van der Waals surface area contributed by atoms with Crippen molar-refractivity contribution >= 4 is 5.52 Å². The molecular weight excluding hydrogens is 569 g/mol. The van der Waals surface area contributed by atoms with Gasteiger partial charge in [-0.3, -0.25) is 13.9 Å². The first-order chi connectivity index (χ1) is 20.3. The fraction of sp³-hybridized carbons (Fsp3) is 0.467. The van der Waals surface area contributed by atoms with Gasteiger partial charge in [-0.1, -0.05) is 19.1 Å². The Bertz CT molecular complexity index is 1770. The highest BCUT2D eigenvalue weighted by atomic mass is 19.4. The summed E-state index contributed by atoms with van der Waals surface area (Å²) in [6.45, 7) is 9.00. The van der Waals surface area contributed by atoms with Crippen LogP contribution in [0.1, 0.15) is 48.7 Å². The fourth-order valence-corrected chi connectivity index (χ4v) is 6.48. The zero-order valence-corrected chi connectivity index (χ0v) is 23.7. The van der Waals surface area contributed by atoms with Gasteiger partial charge in [-0.05, 0) is 29.3 Å². The summed E-state index contributed by atoms with van der Waals surface area (Å²) in [7, 11) is 1.84. The van der Waals surface area contributed by atoms with Crippen molar-refractivity contribution in [2.24, 2.45) is 13.0 Å². The molecule has 8 nitrogen and oxygen atoms in total. The summed E-state index contributed by atoms with van der Waals surface area (Å²) in [6.07, 6.45) is 0.736. The van der Waals surface area contributed by atoms with Crippen molar-refractivity contribution in [1.82, 2.24) is 28.6 Å². The Morgan fingerprint density at radius 3 is 2.58 bits per heavy atom. The number of benzene rings is 1. The number of pyridine rings is 1. The van der Waals surface area contributed by atoms with Crippen LogP contribution in [-0.4, -0.2) is 53.7 Å². The van der Waals surface area contributed by atoms with Crippen molar-refractivity contribution in [3.8, 4) is 5.69 Å². The maximum absolute atomic E-state index is 14.3. The summed E-state index contributed by atoms with van der Waals surface area (Å²) < 4.78 is 74.8. The highest BCUT2D eigenvalue weighted by Gasteiger charge is 2.50. The van der Waals surface area contributed by atoms with Crippen molar-refractivity contribution in [1.29, 1.82) is 0 Å². The van der Waals surface area contributed by atoms with Crippen molar-refractivity contribution in [2.45, 2.75) is 62.7 Å². The summed E-state index contributed by atoms with van der Waals surface area (Å²) >= 11 is 0. The molecule has 13 heteroatoms. The van der Waals surface area contributed by atoms with E-state index in [1.807, 2.05) is 17.7 Å². The fourth-order valence-electron chi connectivity index (χ4n) is 6.48. The van der Waals surface area contributed by atoms with Gasteiger partial charge in [0, 0.05) is 76.1 Å². The predicted molar refractivity (Wildman–Crippen MR) is 148 cm³/mol. The second-order valence-corrected chi connectivity index (χ2v) is 12.0. The van der Waals surface area contributed by atoms with E-state index in [-0.39, 0.29) is 43.2 Å².